The lowest BCUT2D eigenvalue weighted by atomic mass is 10.1. The van der Waals surface area contributed by atoms with Crippen molar-refractivity contribution in [3.05, 3.63) is 35.9 Å². The molecule has 1 aromatic rings. The van der Waals surface area contributed by atoms with Gasteiger partial charge < -0.3 is 5.32 Å². The molecule has 3 nitrogen and oxygen atoms in total. The molecule has 0 aliphatic carbocycles. The van der Waals surface area contributed by atoms with Crippen LogP contribution in [0.5, 0.6) is 0 Å². The highest BCUT2D eigenvalue weighted by Crippen LogP contribution is 2.10. The second-order valence-corrected chi connectivity index (χ2v) is 6.54. The first kappa shape index (κ1) is 14.2. The summed E-state index contributed by atoms with van der Waals surface area (Å²) in [5.74, 6) is 0.506. The lowest BCUT2D eigenvalue weighted by Gasteiger charge is -2.14. The van der Waals surface area contributed by atoms with Crippen molar-refractivity contribution in [3.63, 3.8) is 0 Å². The van der Waals surface area contributed by atoms with E-state index in [2.05, 4.69) is 5.32 Å². The normalized spacial score (nSPS) is 13.5. The summed E-state index contributed by atoms with van der Waals surface area (Å²) in [4.78, 5) is 0. The molecule has 1 aromatic carbocycles. The molecule has 0 spiro atoms. The Labute approximate surface area is 104 Å². The summed E-state index contributed by atoms with van der Waals surface area (Å²) in [6, 6.07) is 10.2. The molecule has 0 amide bonds. The van der Waals surface area contributed by atoms with Gasteiger partial charge in [-0.3, -0.25) is 0 Å². The van der Waals surface area contributed by atoms with E-state index < -0.39 is 9.84 Å². The van der Waals surface area contributed by atoms with Gasteiger partial charge >= 0.3 is 0 Å². The summed E-state index contributed by atoms with van der Waals surface area (Å²) in [7, 11) is -2.87. The maximum absolute atomic E-state index is 11.5. The highest BCUT2D eigenvalue weighted by atomic mass is 32.2. The highest BCUT2D eigenvalue weighted by Gasteiger charge is 2.10. The van der Waals surface area contributed by atoms with Crippen LogP contribution >= 0.6 is 0 Å². The highest BCUT2D eigenvalue weighted by molar-refractivity contribution is 7.91. The van der Waals surface area contributed by atoms with Gasteiger partial charge in [0, 0.05) is 18.3 Å². The summed E-state index contributed by atoms with van der Waals surface area (Å²) in [6.45, 7) is 4.44. The fraction of sp³-hybridized carbons (Fsp3) is 0.538. The molecule has 17 heavy (non-hydrogen) atoms. The van der Waals surface area contributed by atoms with Gasteiger partial charge in [-0.1, -0.05) is 37.3 Å². The Hall–Kier alpha value is -0.870. The Morgan fingerprint density at radius 1 is 1.18 bits per heavy atom. The van der Waals surface area contributed by atoms with Crippen molar-refractivity contribution in [2.24, 2.45) is 0 Å². The molecule has 0 saturated heterocycles. The number of nitrogens with one attached hydrogen (secondary N) is 1. The van der Waals surface area contributed by atoms with Crippen LogP contribution in [-0.2, 0) is 9.84 Å². The van der Waals surface area contributed by atoms with E-state index in [1.807, 2.05) is 44.2 Å². The van der Waals surface area contributed by atoms with Gasteiger partial charge in [0.2, 0.25) is 0 Å². The van der Waals surface area contributed by atoms with Gasteiger partial charge in [0.15, 0.2) is 9.84 Å². The van der Waals surface area contributed by atoms with Gasteiger partial charge in [-0.2, -0.15) is 0 Å². The number of rotatable bonds is 7. The quantitative estimate of drug-likeness (QED) is 0.812. The van der Waals surface area contributed by atoms with Crippen LogP contribution < -0.4 is 5.32 Å². The molecule has 4 heteroatoms. The fourth-order valence-electron chi connectivity index (χ4n) is 1.70. The maximum atomic E-state index is 11.5. The van der Waals surface area contributed by atoms with E-state index in [9.17, 15) is 8.42 Å². The van der Waals surface area contributed by atoms with Crippen LogP contribution in [0.15, 0.2) is 30.3 Å². The van der Waals surface area contributed by atoms with Crippen molar-refractivity contribution >= 4 is 9.84 Å². The average molecular weight is 255 g/mol. The largest absolute Gasteiger partial charge is 0.309 e. The van der Waals surface area contributed by atoms with Gasteiger partial charge in [-0.25, -0.2) is 8.42 Å². The van der Waals surface area contributed by atoms with Crippen LogP contribution in [0.4, 0.5) is 0 Å². The minimum atomic E-state index is -2.87. The van der Waals surface area contributed by atoms with Crippen LogP contribution in [0.2, 0.25) is 0 Å². The summed E-state index contributed by atoms with van der Waals surface area (Å²) in [6.07, 6.45) is 0.691. The summed E-state index contributed by atoms with van der Waals surface area (Å²) in [5.41, 5.74) is 1.18. The van der Waals surface area contributed by atoms with Crippen molar-refractivity contribution in [3.8, 4) is 0 Å². The number of hydrogen-bond donors (Lipinski definition) is 1. The van der Waals surface area contributed by atoms with Gasteiger partial charge in [0.25, 0.3) is 0 Å². The molecule has 1 N–H and O–H groups in total. The van der Waals surface area contributed by atoms with Crippen LogP contribution in [0.1, 0.15) is 31.9 Å². The lowest BCUT2D eigenvalue weighted by Crippen LogP contribution is -2.26. The van der Waals surface area contributed by atoms with Gasteiger partial charge in [-0.05, 0) is 18.9 Å². The molecule has 0 radical (unpaired) electrons. The number of sulfone groups is 1. The fourth-order valence-corrected chi connectivity index (χ4v) is 2.96. The molecule has 1 rings (SSSR count). The zero-order chi connectivity index (χ0) is 12.7. The Bertz CT molecular complexity index is 414. The Balaban J connectivity index is 2.37. The predicted molar refractivity (Wildman–Crippen MR) is 71.8 cm³/mol. The van der Waals surface area contributed by atoms with E-state index in [0.717, 1.165) is 0 Å². The minimum Gasteiger partial charge on any atom is -0.309 e. The first-order valence-electron chi connectivity index (χ1n) is 6.04. The van der Waals surface area contributed by atoms with E-state index in [0.29, 0.717) is 13.0 Å². The van der Waals surface area contributed by atoms with E-state index in [-0.39, 0.29) is 17.5 Å². The van der Waals surface area contributed by atoms with E-state index in [1.54, 1.807) is 0 Å². The molecule has 0 aliphatic heterocycles. The molecule has 0 aliphatic rings. The molecule has 0 unspecified atom stereocenters. The number of hydrogen-bond acceptors (Lipinski definition) is 3. The first-order valence-corrected chi connectivity index (χ1v) is 7.86. The Morgan fingerprint density at radius 3 is 2.41 bits per heavy atom. The van der Waals surface area contributed by atoms with Crippen molar-refractivity contribution in [1.29, 1.82) is 0 Å². The third kappa shape index (κ3) is 5.33. The van der Waals surface area contributed by atoms with Crippen LogP contribution in [0.25, 0.3) is 0 Å². The second-order valence-electron chi connectivity index (χ2n) is 4.24. The van der Waals surface area contributed by atoms with Crippen LogP contribution in [0.3, 0.4) is 0 Å². The average Bonchev–Trinajstić information content (AvgIpc) is 2.29. The SMILES string of the molecule is CCCS(=O)(=O)CCN[C@H](C)c1ccccc1. The molecule has 0 bridgehead atoms. The second kappa shape index (κ2) is 6.77. The van der Waals surface area contributed by atoms with Gasteiger partial charge in [0.1, 0.15) is 0 Å². The molecule has 0 heterocycles. The first-order chi connectivity index (χ1) is 8.05. The number of benzene rings is 1. The minimum absolute atomic E-state index is 0.188. The molecule has 96 valence electrons. The molecule has 0 aromatic heterocycles. The van der Waals surface area contributed by atoms with E-state index in [4.69, 9.17) is 0 Å². The van der Waals surface area contributed by atoms with Crippen LogP contribution in [-0.4, -0.2) is 26.5 Å². The smallest absolute Gasteiger partial charge is 0.151 e. The summed E-state index contributed by atoms with van der Waals surface area (Å²) < 4.78 is 23.0. The lowest BCUT2D eigenvalue weighted by molar-refractivity contribution is 0.571. The molecule has 1 atom stereocenters. The zero-order valence-corrected chi connectivity index (χ0v) is 11.3. The third-order valence-electron chi connectivity index (χ3n) is 2.68. The molecular weight excluding hydrogens is 234 g/mol. The predicted octanol–water partition coefficient (Wildman–Crippen LogP) is 2.16. The third-order valence-corrected chi connectivity index (χ3v) is 4.53. The molecule has 0 saturated carbocycles. The van der Waals surface area contributed by atoms with Gasteiger partial charge in [-0.15, -0.1) is 0 Å². The van der Waals surface area contributed by atoms with Gasteiger partial charge in [0.05, 0.1) is 5.75 Å². The summed E-state index contributed by atoms with van der Waals surface area (Å²) >= 11 is 0. The van der Waals surface area contributed by atoms with E-state index >= 15 is 0 Å². The van der Waals surface area contributed by atoms with E-state index in [1.165, 1.54) is 5.56 Å². The maximum Gasteiger partial charge on any atom is 0.151 e. The van der Waals surface area contributed by atoms with Crippen molar-refractivity contribution in [2.45, 2.75) is 26.3 Å². The Kier molecular flexibility index (Phi) is 5.65. The monoisotopic (exact) mass is 255 g/mol. The Morgan fingerprint density at radius 2 is 1.82 bits per heavy atom. The van der Waals surface area contributed by atoms with Crippen molar-refractivity contribution < 1.29 is 8.42 Å². The van der Waals surface area contributed by atoms with Crippen molar-refractivity contribution in [2.75, 3.05) is 18.1 Å². The molecular formula is C13H21NO2S. The molecule has 0 fully saturated rings. The summed E-state index contributed by atoms with van der Waals surface area (Å²) in [5, 5.41) is 3.23. The van der Waals surface area contributed by atoms with Crippen LogP contribution in [0, 0.1) is 0 Å². The zero-order valence-electron chi connectivity index (χ0n) is 10.5. The van der Waals surface area contributed by atoms with Crippen molar-refractivity contribution in [1.82, 2.24) is 5.32 Å². The topological polar surface area (TPSA) is 46.2 Å². The standard InChI is InChI=1S/C13H21NO2S/c1-3-10-17(15,16)11-9-14-12(2)13-7-5-4-6-8-13/h4-8,12,14H,3,9-11H2,1-2H3/t12-/m1/s1.